The molecule has 1 N–H and O–H groups in total. The van der Waals surface area contributed by atoms with Gasteiger partial charge in [-0.1, -0.05) is 0 Å². The first-order valence-corrected chi connectivity index (χ1v) is 6.57. The Balaban J connectivity index is 1.96. The van der Waals surface area contributed by atoms with Crippen LogP contribution in [0.5, 0.6) is 5.75 Å². The molecule has 0 aromatic carbocycles. The molecule has 3 rings (SSSR count). The molecular formula is C13H18N4O. The highest BCUT2D eigenvalue weighted by Crippen LogP contribution is 2.24. The summed E-state index contributed by atoms with van der Waals surface area (Å²) in [5.41, 5.74) is 0.819. The maximum absolute atomic E-state index is 5.58. The molecule has 5 heteroatoms. The summed E-state index contributed by atoms with van der Waals surface area (Å²) < 4.78 is 7.40. The lowest BCUT2D eigenvalue weighted by Crippen LogP contribution is -2.28. The van der Waals surface area contributed by atoms with Crippen molar-refractivity contribution in [1.82, 2.24) is 19.9 Å². The molecule has 2 aromatic rings. The molecule has 0 radical (unpaired) electrons. The first-order valence-electron chi connectivity index (χ1n) is 6.57. The molecule has 5 nitrogen and oxygen atoms in total. The molecular weight excluding hydrogens is 228 g/mol. The monoisotopic (exact) mass is 246 g/mol. The van der Waals surface area contributed by atoms with Gasteiger partial charge >= 0.3 is 0 Å². The van der Waals surface area contributed by atoms with E-state index < -0.39 is 0 Å². The van der Waals surface area contributed by atoms with Gasteiger partial charge in [0.05, 0.1) is 6.61 Å². The summed E-state index contributed by atoms with van der Waals surface area (Å²) in [5.74, 6) is 2.16. The molecule has 1 fully saturated rings. The molecule has 1 atom stereocenters. The maximum atomic E-state index is 5.58. The second-order valence-corrected chi connectivity index (χ2v) is 4.59. The summed E-state index contributed by atoms with van der Waals surface area (Å²) >= 11 is 0. The standard InChI is InChI=1S/C13H18N4O/c1-2-18-11-6-4-8-17-13(11)15-12(16-17)10-5-3-7-14-9-10/h4,6,8,10,14H,2-3,5,7,9H2,1H3. The van der Waals surface area contributed by atoms with E-state index in [1.165, 1.54) is 6.42 Å². The molecule has 1 aliphatic rings. The van der Waals surface area contributed by atoms with Gasteiger partial charge in [-0.3, -0.25) is 0 Å². The molecule has 0 amide bonds. The Kier molecular flexibility index (Phi) is 3.15. The van der Waals surface area contributed by atoms with Crippen molar-refractivity contribution in [2.45, 2.75) is 25.7 Å². The lowest BCUT2D eigenvalue weighted by molar-refractivity contribution is 0.342. The van der Waals surface area contributed by atoms with Crippen LogP contribution in [0.3, 0.4) is 0 Å². The van der Waals surface area contributed by atoms with Gasteiger partial charge in [-0.05, 0) is 38.4 Å². The van der Waals surface area contributed by atoms with Crippen LogP contribution in [-0.2, 0) is 0 Å². The number of ether oxygens (including phenoxy) is 1. The smallest absolute Gasteiger partial charge is 0.198 e. The Morgan fingerprint density at radius 3 is 3.28 bits per heavy atom. The summed E-state index contributed by atoms with van der Waals surface area (Å²) in [6.45, 7) is 4.70. The van der Waals surface area contributed by atoms with Crippen molar-refractivity contribution in [2.24, 2.45) is 0 Å². The fourth-order valence-electron chi connectivity index (χ4n) is 2.41. The summed E-state index contributed by atoms with van der Waals surface area (Å²) in [7, 11) is 0. The minimum absolute atomic E-state index is 0.424. The van der Waals surface area contributed by atoms with Gasteiger partial charge in [0, 0.05) is 18.7 Å². The quantitative estimate of drug-likeness (QED) is 0.893. The average molecular weight is 246 g/mol. The number of pyridine rings is 1. The van der Waals surface area contributed by atoms with Crippen molar-refractivity contribution in [3.8, 4) is 5.75 Å². The Hall–Kier alpha value is -1.62. The van der Waals surface area contributed by atoms with E-state index in [-0.39, 0.29) is 0 Å². The van der Waals surface area contributed by atoms with Crippen LogP contribution >= 0.6 is 0 Å². The van der Waals surface area contributed by atoms with E-state index in [0.29, 0.717) is 12.5 Å². The number of hydrogen-bond donors (Lipinski definition) is 1. The van der Waals surface area contributed by atoms with Crippen molar-refractivity contribution in [2.75, 3.05) is 19.7 Å². The van der Waals surface area contributed by atoms with Crippen LogP contribution in [0, 0.1) is 0 Å². The van der Waals surface area contributed by atoms with Gasteiger partial charge in [-0.2, -0.15) is 5.10 Å². The number of aromatic nitrogens is 3. The third kappa shape index (κ3) is 2.06. The number of piperidine rings is 1. The van der Waals surface area contributed by atoms with Crippen LogP contribution in [0.25, 0.3) is 5.65 Å². The van der Waals surface area contributed by atoms with Crippen LogP contribution in [0.15, 0.2) is 18.3 Å². The summed E-state index contributed by atoms with van der Waals surface area (Å²) in [4.78, 5) is 4.64. The highest BCUT2D eigenvalue weighted by molar-refractivity contribution is 5.52. The van der Waals surface area contributed by atoms with E-state index in [1.807, 2.05) is 29.8 Å². The van der Waals surface area contributed by atoms with Crippen molar-refractivity contribution >= 4 is 5.65 Å². The second kappa shape index (κ2) is 4.94. The van der Waals surface area contributed by atoms with E-state index in [0.717, 1.165) is 36.7 Å². The van der Waals surface area contributed by atoms with Gasteiger partial charge in [0.15, 0.2) is 17.2 Å². The SMILES string of the molecule is CCOc1cccn2nc(C3CCCNC3)nc12. The zero-order valence-electron chi connectivity index (χ0n) is 10.6. The van der Waals surface area contributed by atoms with Crippen LogP contribution in [0.2, 0.25) is 0 Å². The molecule has 0 bridgehead atoms. The predicted octanol–water partition coefficient (Wildman–Crippen LogP) is 1.59. The van der Waals surface area contributed by atoms with Crippen LogP contribution in [0.1, 0.15) is 31.5 Å². The maximum Gasteiger partial charge on any atom is 0.198 e. The first kappa shape index (κ1) is 11.5. The summed E-state index contributed by atoms with van der Waals surface area (Å²) in [6.07, 6.45) is 4.27. The highest BCUT2D eigenvalue weighted by Gasteiger charge is 2.20. The fourth-order valence-corrected chi connectivity index (χ4v) is 2.41. The van der Waals surface area contributed by atoms with Crippen molar-refractivity contribution in [1.29, 1.82) is 0 Å². The van der Waals surface area contributed by atoms with Gasteiger partial charge in [0.2, 0.25) is 0 Å². The lowest BCUT2D eigenvalue weighted by Gasteiger charge is -2.19. The van der Waals surface area contributed by atoms with Gasteiger partial charge < -0.3 is 10.1 Å². The van der Waals surface area contributed by atoms with Crippen LogP contribution < -0.4 is 10.1 Å². The number of nitrogens with one attached hydrogen (secondary N) is 1. The Bertz CT molecular complexity index is 531. The molecule has 0 aliphatic carbocycles. The average Bonchev–Trinajstić information content (AvgIpc) is 2.85. The minimum Gasteiger partial charge on any atom is -0.490 e. The number of hydrogen-bond acceptors (Lipinski definition) is 4. The second-order valence-electron chi connectivity index (χ2n) is 4.59. The molecule has 1 saturated heterocycles. The van der Waals surface area contributed by atoms with Crippen molar-refractivity contribution in [3.05, 3.63) is 24.2 Å². The van der Waals surface area contributed by atoms with Gasteiger partial charge in [-0.15, -0.1) is 0 Å². The highest BCUT2D eigenvalue weighted by atomic mass is 16.5. The van der Waals surface area contributed by atoms with Crippen LogP contribution in [0.4, 0.5) is 0 Å². The molecule has 96 valence electrons. The zero-order chi connectivity index (χ0) is 12.4. The predicted molar refractivity (Wildman–Crippen MR) is 69.0 cm³/mol. The first-order chi connectivity index (χ1) is 8.88. The van der Waals surface area contributed by atoms with E-state index in [4.69, 9.17) is 4.74 Å². The lowest BCUT2D eigenvalue weighted by atomic mass is 9.99. The minimum atomic E-state index is 0.424. The van der Waals surface area contributed by atoms with E-state index in [2.05, 4.69) is 15.4 Å². The van der Waals surface area contributed by atoms with Gasteiger partial charge in [0.25, 0.3) is 0 Å². The number of fused-ring (bicyclic) bond motifs is 1. The summed E-state index contributed by atoms with van der Waals surface area (Å²) in [6, 6.07) is 3.88. The zero-order valence-corrected chi connectivity index (χ0v) is 10.6. The Morgan fingerprint density at radius 2 is 2.50 bits per heavy atom. The normalized spacial score (nSPS) is 20.2. The van der Waals surface area contributed by atoms with Crippen LogP contribution in [-0.4, -0.2) is 34.3 Å². The third-order valence-corrected chi connectivity index (χ3v) is 3.30. The van der Waals surface area contributed by atoms with Crippen molar-refractivity contribution in [3.63, 3.8) is 0 Å². The fraction of sp³-hybridized carbons (Fsp3) is 0.538. The van der Waals surface area contributed by atoms with Gasteiger partial charge in [0.1, 0.15) is 0 Å². The molecule has 0 saturated carbocycles. The Labute approximate surface area is 106 Å². The van der Waals surface area contributed by atoms with Crippen molar-refractivity contribution < 1.29 is 4.74 Å². The van der Waals surface area contributed by atoms with E-state index in [1.54, 1.807) is 0 Å². The molecule has 18 heavy (non-hydrogen) atoms. The van der Waals surface area contributed by atoms with E-state index >= 15 is 0 Å². The summed E-state index contributed by atoms with van der Waals surface area (Å²) in [5, 5.41) is 7.96. The third-order valence-electron chi connectivity index (χ3n) is 3.30. The van der Waals surface area contributed by atoms with E-state index in [9.17, 15) is 0 Å². The topological polar surface area (TPSA) is 51.5 Å². The Morgan fingerprint density at radius 1 is 1.56 bits per heavy atom. The molecule has 1 aliphatic heterocycles. The number of rotatable bonds is 3. The molecule has 2 aromatic heterocycles. The molecule has 3 heterocycles. The molecule has 1 unspecified atom stereocenters. The number of nitrogens with zero attached hydrogens (tertiary/aromatic N) is 3. The molecule has 0 spiro atoms. The largest absolute Gasteiger partial charge is 0.490 e. The van der Waals surface area contributed by atoms with Gasteiger partial charge in [-0.25, -0.2) is 9.50 Å².